The number of nitrogens with zero attached hydrogens (tertiary/aromatic N) is 1. The number of hydrogen-bond acceptors (Lipinski definition) is 3. The van der Waals surface area contributed by atoms with Crippen molar-refractivity contribution in [3.8, 4) is 5.75 Å². The number of likely N-dealkylation sites (tertiary alicyclic amines) is 1. The Morgan fingerprint density at radius 3 is 2.67 bits per heavy atom. The predicted octanol–water partition coefficient (Wildman–Crippen LogP) is 2.13. The molecule has 3 N–H and O–H groups in total. The maximum atomic E-state index is 9.29. The van der Waals surface area contributed by atoms with Crippen LogP contribution in [0.4, 0.5) is 0 Å². The maximum absolute atomic E-state index is 9.29. The van der Waals surface area contributed by atoms with Gasteiger partial charge in [0.15, 0.2) is 0 Å². The highest BCUT2D eigenvalue weighted by molar-refractivity contribution is 5.26. The van der Waals surface area contributed by atoms with E-state index in [1.807, 2.05) is 12.1 Å². The second-order valence-electron chi connectivity index (χ2n) is 5.59. The lowest BCUT2D eigenvalue weighted by molar-refractivity contribution is 0.104. The van der Waals surface area contributed by atoms with Gasteiger partial charge in [0.1, 0.15) is 5.75 Å². The van der Waals surface area contributed by atoms with Crippen LogP contribution in [0.1, 0.15) is 32.3 Å². The van der Waals surface area contributed by atoms with Gasteiger partial charge in [-0.05, 0) is 50.8 Å². The van der Waals surface area contributed by atoms with Crippen molar-refractivity contribution in [2.24, 2.45) is 5.73 Å². The van der Waals surface area contributed by atoms with Crippen LogP contribution in [0.5, 0.6) is 5.75 Å². The van der Waals surface area contributed by atoms with E-state index in [1.165, 1.54) is 5.56 Å². The minimum atomic E-state index is 0.337. The third-order valence-electron chi connectivity index (χ3n) is 4.00. The largest absolute Gasteiger partial charge is 0.508 e. The summed E-state index contributed by atoms with van der Waals surface area (Å²) in [5, 5.41) is 9.29. The summed E-state index contributed by atoms with van der Waals surface area (Å²) in [6.45, 7) is 5.65. The average molecular weight is 248 g/mol. The number of phenolic OH excluding ortho intramolecular Hbond substituents is 1. The minimum Gasteiger partial charge on any atom is -0.508 e. The van der Waals surface area contributed by atoms with Crippen LogP contribution in [-0.4, -0.2) is 34.7 Å². The van der Waals surface area contributed by atoms with Crippen molar-refractivity contribution in [2.45, 2.75) is 51.2 Å². The lowest BCUT2D eigenvalue weighted by Crippen LogP contribution is -2.49. The van der Waals surface area contributed by atoms with E-state index in [1.54, 1.807) is 12.1 Å². The fourth-order valence-electron chi connectivity index (χ4n) is 2.97. The summed E-state index contributed by atoms with van der Waals surface area (Å²) in [6, 6.07) is 9.00. The van der Waals surface area contributed by atoms with E-state index in [2.05, 4.69) is 18.7 Å². The van der Waals surface area contributed by atoms with Crippen LogP contribution >= 0.6 is 0 Å². The number of benzene rings is 1. The minimum absolute atomic E-state index is 0.337. The molecular formula is C15H24N2O. The smallest absolute Gasteiger partial charge is 0.115 e. The number of rotatable bonds is 3. The van der Waals surface area contributed by atoms with Crippen LogP contribution < -0.4 is 5.73 Å². The quantitative estimate of drug-likeness (QED) is 0.861. The zero-order chi connectivity index (χ0) is 13.1. The molecule has 1 heterocycles. The standard InChI is InChI=1S/C15H24N2O/c1-11(9-13-3-5-15(18)6-4-13)17-8-7-14(16)10-12(17)2/h3-6,11-12,14,18H,7-10,16H2,1-2H3. The Bertz CT molecular complexity index is 377. The Balaban J connectivity index is 1.95. The Morgan fingerprint density at radius 2 is 2.06 bits per heavy atom. The SMILES string of the molecule is CC(Cc1ccc(O)cc1)N1CCC(N)CC1C. The molecule has 3 nitrogen and oxygen atoms in total. The van der Waals surface area contributed by atoms with Gasteiger partial charge in [-0.3, -0.25) is 4.90 Å². The van der Waals surface area contributed by atoms with Crippen LogP contribution in [0.2, 0.25) is 0 Å². The van der Waals surface area contributed by atoms with Gasteiger partial charge in [0.25, 0.3) is 0 Å². The van der Waals surface area contributed by atoms with Crippen molar-refractivity contribution >= 4 is 0 Å². The molecule has 1 fully saturated rings. The molecule has 0 radical (unpaired) electrons. The Kier molecular flexibility index (Phi) is 4.25. The first-order valence-electron chi connectivity index (χ1n) is 6.85. The van der Waals surface area contributed by atoms with Gasteiger partial charge in [-0.25, -0.2) is 0 Å². The van der Waals surface area contributed by atoms with Gasteiger partial charge in [0.05, 0.1) is 0 Å². The van der Waals surface area contributed by atoms with Crippen molar-refractivity contribution in [2.75, 3.05) is 6.54 Å². The molecular weight excluding hydrogens is 224 g/mol. The van der Waals surface area contributed by atoms with Gasteiger partial charge in [-0.1, -0.05) is 12.1 Å². The van der Waals surface area contributed by atoms with Crippen LogP contribution in [0.25, 0.3) is 0 Å². The first kappa shape index (κ1) is 13.4. The van der Waals surface area contributed by atoms with E-state index < -0.39 is 0 Å². The molecule has 0 amide bonds. The summed E-state index contributed by atoms with van der Waals surface area (Å²) in [4.78, 5) is 2.55. The molecule has 0 aliphatic carbocycles. The second-order valence-corrected chi connectivity index (χ2v) is 5.59. The Morgan fingerprint density at radius 1 is 1.39 bits per heavy atom. The third-order valence-corrected chi connectivity index (χ3v) is 4.00. The average Bonchev–Trinajstić information content (AvgIpc) is 2.32. The molecule has 100 valence electrons. The third kappa shape index (κ3) is 3.24. The molecule has 3 atom stereocenters. The molecule has 0 aromatic heterocycles. The van der Waals surface area contributed by atoms with Crippen LogP contribution in [0.3, 0.4) is 0 Å². The monoisotopic (exact) mass is 248 g/mol. The molecule has 0 bridgehead atoms. The lowest BCUT2D eigenvalue weighted by atomic mass is 9.95. The molecule has 1 aromatic carbocycles. The first-order valence-corrected chi connectivity index (χ1v) is 6.85. The Hall–Kier alpha value is -1.06. The fraction of sp³-hybridized carbons (Fsp3) is 0.600. The summed E-state index contributed by atoms with van der Waals surface area (Å²) < 4.78 is 0. The highest BCUT2D eigenvalue weighted by Gasteiger charge is 2.26. The van der Waals surface area contributed by atoms with Crippen LogP contribution in [0.15, 0.2) is 24.3 Å². The van der Waals surface area contributed by atoms with Crippen molar-refractivity contribution in [3.63, 3.8) is 0 Å². The van der Waals surface area contributed by atoms with E-state index >= 15 is 0 Å². The topological polar surface area (TPSA) is 49.5 Å². The van der Waals surface area contributed by atoms with E-state index in [0.29, 0.717) is 23.9 Å². The van der Waals surface area contributed by atoms with Crippen molar-refractivity contribution in [1.82, 2.24) is 4.90 Å². The number of nitrogens with two attached hydrogens (primary N) is 1. The first-order chi connectivity index (χ1) is 8.56. The van der Waals surface area contributed by atoms with E-state index in [0.717, 1.165) is 25.8 Å². The van der Waals surface area contributed by atoms with Gasteiger partial charge < -0.3 is 10.8 Å². The molecule has 2 rings (SSSR count). The second kappa shape index (κ2) is 5.72. The molecule has 1 aliphatic heterocycles. The summed E-state index contributed by atoms with van der Waals surface area (Å²) in [5.41, 5.74) is 7.28. The number of hydrogen-bond donors (Lipinski definition) is 2. The van der Waals surface area contributed by atoms with Gasteiger partial charge in [0.2, 0.25) is 0 Å². The van der Waals surface area contributed by atoms with E-state index in [4.69, 9.17) is 5.73 Å². The summed E-state index contributed by atoms with van der Waals surface area (Å²) >= 11 is 0. The van der Waals surface area contributed by atoms with Crippen molar-refractivity contribution in [1.29, 1.82) is 0 Å². The van der Waals surface area contributed by atoms with Gasteiger partial charge >= 0.3 is 0 Å². The van der Waals surface area contributed by atoms with Crippen LogP contribution in [0, 0.1) is 0 Å². The number of phenols is 1. The lowest BCUT2D eigenvalue weighted by Gasteiger charge is -2.40. The predicted molar refractivity (Wildman–Crippen MR) is 74.7 cm³/mol. The van der Waals surface area contributed by atoms with Gasteiger partial charge in [-0.15, -0.1) is 0 Å². The highest BCUT2D eigenvalue weighted by Crippen LogP contribution is 2.21. The van der Waals surface area contributed by atoms with Crippen molar-refractivity contribution < 1.29 is 5.11 Å². The molecule has 3 unspecified atom stereocenters. The zero-order valence-corrected chi connectivity index (χ0v) is 11.3. The van der Waals surface area contributed by atoms with Crippen molar-refractivity contribution in [3.05, 3.63) is 29.8 Å². The molecule has 1 aliphatic rings. The van der Waals surface area contributed by atoms with Gasteiger partial charge in [0, 0.05) is 24.7 Å². The molecule has 0 spiro atoms. The fourth-order valence-corrected chi connectivity index (χ4v) is 2.97. The molecule has 1 aromatic rings. The summed E-state index contributed by atoms with van der Waals surface area (Å²) in [7, 11) is 0. The van der Waals surface area contributed by atoms with Crippen LogP contribution in [-0.2, 0) is 6.42 Å². The number of aromatic hydroxyl groups is 1. The molecule has 0 saturated carbocycles. The molecule has 1 saturated heterocycles. The maximum Gasteiger partial charge on any atom is 0.115 e. The molecule has 18 heavy (non-hydrogen) atoms. The van der Waals surface area contributed by atoms with E-state index in [-0.39, 0.29) is 0 Å². The van der Waals surface area contributed by atoms with Gasteiger partial charge in [-0.2, -0.15) is 0 Å². The normalized spacial score (nSPS) is 27.1. The molecule has 3 heteroatoms. The zero-order valence-electron chi connectivity index (χ0n) is 11.3. The van der Waals surface area contributed by atoms with E-state index in [9.17, 15) is 5.11 Å². The summed E-state index contributed by atoms with van der Waals surface area (Å²) in [6.07, 6.45) is 3.23. The Labute approximate surface area is 110 Å². The summed E-state index contributed by atoms with van der Waals surface area (Å²) in [5.74, 6) is 0.337. The highest BCUT2D eigenvalue weighted by atomic mass is 16.3. The number of piperidine rings is 1.